The molecule has 0 atom stereocenters. The number of aromatic hydroxyl groups is 1. The average Bonchev–Trinajstić information content (AvgIpc) is 2.51. The monoisotopic (exact) mass is 356 g/mol. The Labute approximate surface area is 155 Å². The summed E-state index contributed by atoms with van der Waals surface area (Å²) in [6.45, 7) is 12.6. The summed E-state index contributed by atoms with van der Waals surface area (Å²) in [5, 5.41) is 20.1. The summed E-state index contributed by atoms with van der Waals surface area (Å²) in [4.78, 5) is 11.3. The third-order valence-electron chi connectivity index (χ3n) is 4.30. The van der Waals surface area contributed by atoms with E-state index >= 15 is 0 Å². The van der Waals surface area contributed by atoms with E-state index in [4.69, 9.17) is 4.74 Å². The Hall–Kier alpha value is -2.49. The van der Waals surface area contributed by atoms with Crippen molar-refractivity contribution in [3.8, 4) is 11.5 Å². The van der Waals surface area contributed by atoms with Crippen LogP contribution >= 0.6 is 0 Å². The van der Waals surface area contributed by atoms with E-state index in [-0.39, 0.29) is 23.0 Å². The lowest BCUT2D eigenvalue weighted by Crippen LogP contribution is -2.18. The van der Waals surface area contributed by atoms with Crippen molar-refractivity contribution >= 4 is 5.97 Å². The van der Waals surface area contributed by atoms with Gasteiger partial charge in [-0.3, -0.25) is 0 Å². The van der Waals surface area contributed by atoms with Crippen molar-refractivity contribution in [3.63, 3.8) is 0 Å². The molecule has 2 N–H and O–H groups in total. The lowest BCUT2D eigenvalue weighted by molar-refractivity contribution is 0.0691. The average molecular weight is 356 g/mol. The first-order valence-electron chi connectivity index (χ1n) is 8.73. The number of rotatable bonds is 4. The molecule has 0 radical (unpaired) electrons. The van der Waals surface area contributed by atoms with Gasteiger partial charge in [0.05, 0.1) is 0 Å². The minimum absolute atomic E-state index is 0.137. The van der Waals surface area contributed by atoms with E-state index in [1.807, 2.05) is 12.1 Å². The number of aromatic carboxylic acids is 1. The highest BCUT2D eigenvalue weighted by Gasteiger charge is 2.26. The van der Waals surface area contributed by atoms with Crippen LogP contribution in [0.15, 0.2) is 36.4 Å². The standard InChI is InChI=1S/C22H28O4/c1-21(2,3)16-11-14(12-17(19(16)23)22(4,5)6)13-26-18-10-8-7-9-15(18)20(24)25/h7-12,23H,13H2,1-6H3,(H,24,25). The van der Waals surface area contributed by atoms with Crippen LogP contribution in [-0.4, -0.2) is 16.2 Å². The molecule has 0 unspecified atom stereocenters. The molecule has 0 fully saturated rings. The maximum Gasteiger partial charge on any atom is 0.339 e. The largest absolute Gasteiger partial charge is 0.507 e. The van der Waals surface area contributed by atoms with Gasteiger partial charge in [-0.2, -0.15) is 0 Å². The van der Waals surface area contributed by atoms with Crippen LogP contribution in [0.3, 0.4) is 0 Å². The summed E-state index contributed by atoms with van der Waals surface area (Å²) >= 11 is 0. The van der Waals surface area contributed by atoms with Gasteiger partial charge >= 0.3 is 5.97 Å². The molecule has 0 aliphatic rings. The third kappa shape index (κ3) is 4.37. The van der Waals surface area contributed by atoms with Crippen LogP contribution in [0.2, 0.25) is 0 Å². The number of hydrogen-bond acceptors (Lipinski definition) is 3. The highest BCUT2D eigenvalue weighted by Crippen LogP contribution is 2.40. The third-order valence-corrected chi connectivity index (χ3v) is 4.30. The van der Waals surface area contributed by atoms with Crippen LogP contribution in [-0.2, 0) is 17.4 Å². The number of phenols is 1. The first-order chi connectivity index (χ1) is 11.9. The second-order valence-corrected chi connectivity index (χ2v) is 8.63. The SMILES string of the molecule is CC(C)(C)c1cc(COc2ccccc2C(=O)O)cc(C(C)(C)C)c1O. The van der Waals surface area contributed by atoms with E-state index < -0.39 is 5.97 Å². The molecular formula is C22H28O4. The Morgan fingerprint density at radius 1 is 0.962 bits per heavy atom. The van der Waals surface area contributed by atoms with Crippen molar-refractivity contribution in [2.45, 2.75) is 59.0 Å². The number of ether oxygens (including phenoxy) is 1. The number of carboxylic acids is 1. The highest BCUT2D eigenvalue weighted by molar-refractivity contribution is 5.90. The number of para-hydroxylation sites is 1. The van der Waals surface area contributed by atoms with Gasteiger partial charge in [0, 0.05) is 0 Å². The number of carbonyl (C=O) groups is 1. The highest BCUT2D eigenvalue weighted by atomic mass is 16.5. The van der Waals surface area contributed by atoms with E-state index in [0.29, 0.717) is 11.5 Å². The number of carboxylic acid groups (broad SMARTS) is 1. The molecule has 0 amide bonds. The van der Waals surface area contributed by atoms with Crippen LogP contribution in [0, 0.1) is 0 Å². The van der Waals surface area contributed by atoms with E-state index in [1.54, 1.807) is 18.2 Å². The molecule has 0 aliphatic carbocycles. The van der Waals surface area contributed by atoms with Crippen molar-refractivity contribution in [2.75, 3.05) is 0 Å². The fourth-order valence-electron chi connectivity index (χ4n) is 2.85. The van der Waals surface area contributed by atoms with Crippen LogP contribution in [0.4, 0.5) is 0 Å². The zero-order valence-corrected chi connectivity index (χ0v) is 16.4. The molecule has 0 saturated heterocycles. The smallest absolute Gasteiger partial charge is 0.339 e. The zero-order valence-electron chi connectivity index (χ0n) is 16.4. The Morgan fingerprint density at radius 3 is 1.92 bits per heavy atom. The molecule has 140 valence electrons. The molecule has 2 rings (SSSR count). The molecule has 0 spiro atoms. The molecule has 26 heavy (non-hydrogen) atoms. The Balaban J connectivity index is 2.43. The predicted molar refractivity (Wildman–Crippen MR) is 103 cm³/mol. The first-order valence-corrected chi connectivity index (χ1v) is 8.73. The predicted octanol–water partition coefficient (Wildman–Crippen LogP) is 5.26. The maximum absolute atomic E-state index is 11.3. The lowest BCUT2D eigenvalue weighted by Gasteiger charge is -2.28. The van der Waals surface area contributed by atoms with Crippen LogP contribution in [0.5, 0.6) is 11.5 Å². The summed E-state index contributed by atoms with van der Waals surface area (Å²) in [7, 11) is 0. The normalized spacial score (nSPS) is 12.1. The molecule has 4 heteroatoms. The minimum atomic E-state index is -1.02. The van der Waals surface area contributed by atoms with Crippen molar-refractivity contribution in [3.05, 3.63) is 58.7 Å². The van der Waals surface area contributed by atoms with Gasteiger partial charge in [0.15, 0.2) is 0 Å². The van der Waals surface area contributed by atoms with Crippen molar-refractivity contribution in [2.24, 2.45) is 0 Å². The van der Waals surface area contributed by atoms with Gasteiger partial charge in [-0.1, -0.05) is 53.7 Å². The maximum atomic E-state index is 11.3. The van der Waals surface area contributed by atoms with Crippen molar-refractivity contribution < 1.29 is 19.7 Å². The lowest BCUT2D eigenvalue weighted by atomic mass is 9.78. The van der Waals surface area contributed by atoms with E-state index in [1.165, 1.54) is 6.07 Å². The van der Waals surface area contributed by atoms with Crippen LogP contribution in [0.25, 0.3) is 0 Å². The van der Waals surface area contributed by atoms with Crippen molar-refractivity contribution in [1.29, 1.82) is 0 Å². The topological polar surface area (TPSA) is 66.8 Å². The molecule has 0 saturated carbocycles. The summed E-state index contributed by atoms with van der Waals surface area (Å²) in [5.41, 5.74) is 2.30. The summed E-state index contributed by atoms with van der Waals surface area (Å²) in [6.07, 6.45) is 0. The molecular weight excluding hydrogens is 328 g/mol. The summed E-state index contributed by atoms with van der Waals surface area (Å²) in [6, 6.07) is 10.5. The Morgan fingerprint density at radius 2 is 1.46 bits per heavy atom. The van der Waals surface area contributed by atoms with Crippen LogP contribution in [0.1, 0.15) is 68.6 Å². The van der Waals surface area contributed by atoms with Gasteiger partial charge in [0.1, 0.15) is 23.7 Å². The molecule has 2 aromatic rings. The Kier molecular flexibility index (Phi) is 5.36. The second kappa shape index (κ2) is 7.02. The van der Waals surface area contributed by atoms with Gasteiger partial charge in [-0.15, -0.1) is 0 Å². The molecule has 0 bridgehead atoms. The summed E-state index contributed by atoms with van der Waals surface area (Å²) < 4.78 is 5.80. The molecule has 4 nitrogen and oxygen atoms in total. The van der Waals surface area contributed by atoms with Crippen molar-refractivity contribution in [1.82, 2.24) is 0 Å². The fourth-order valence-corrected chi connectivity index (χ4v) is 2.85. The molecule has 2 aromatic carbocycles. The number of hydrogen-bond donors (Lipinski definition) is 2. The van der Waals surface area contributed by atoms with Gasteiger partial charge in [0.2, 0.25) is 0 Å². The van der Waals surface area contributed by atoms with Gasteiger partial charge < -0.3 is 14.9 Å². The van der Waals surface area contributed by atoms with Gasteiger partial charge in [-0.05, 0) is 51.8 Å². The van der Waals surface area contributed by atoms with E-state index in [0.717, 1.165) is 16.7 Å². The number of benzene rings is 2. The summed E-state index contributed by atoms with van der Waals surface area (Å²) in [5.74, 6) is -0.362. The second-order valence-electron chi connectivity index (χ2n) is 8.63. The Bertz CT molecular complexity index is 773. The molecule has 0 aliphatic heterocycles. The minimum Gasteiger partial charge on any atom is -0.507 e. The molecule has 0 aromatic heterocycles. The van der Waals surface area contributed by atoms with E-state index in [2.05, 4.69) is 41.5 Å². The fraction of sp³-hybridized carbons (Fsp3) is 0.409. The van der Waals surface area contributed by atoms with Gasteiger partial charge in [0.25, 0.3) is 0 Å². The van der Waals surface area contributed by atoms with E-state index in [9.17, 15) is 15.0 Å². The van der Waals surface area contributed by atoms with Crippen LogP contribution < -0.4 is 4.74 Å². The first kappa shape index (κ1) is 19.8. The van der Waals surface area contributed by atoms with Gasteiger partial charge in [-0.25, -0.2) is 4.79 Å². The number of phenolic OH excluding ortho intramolecular Hbond substituents is 1. The quantitative estimate of drug-likeness (QED) is 0.784. The zero-order chi connectivity index (χ0) is 19.7. The molecule has 0 heterocycles.